The number of rotatable bonds is 0. The van der Waals surface area contributed by atoms with Gasteiger partial charge in [-0.2, -0.15) is 4.57 Å². The number of hydrogen-bond donors (Lipinski definition) is 0. The molecule has 0 saturated heterocycles. The normalized spacial score (nSPS) is 11.5. The van der Waals surface area contributed by atoms with Gasteiger partial charge in [-0.05, 0) is 13.0 Å². The molecule has 1 aliphatic heterocycles. The fraction of sp³-hybridized carbons (Fsp3) is 0.200. The molecule has 0 saturated carbocycles. The van der Waals surface area contributed by atoms with E-state index < -0.39 is 5.97 Å². The van der Waals surface area contributed by atoms with Crippen LogP contribution in [0.25, 0.3) is 6.20 Å². The molecule has 3 nitrogen and oxygen atoms in total. The average Bonchev–Trinajstić information content (AvgIpc) is 2.49. The van der Waals surface area contributed by atoms with Crippen LogP contribution in [-0.2, 0) is 11.2 Å². The first-order chi connectivity index (χ1) is 6.20. The van der Waals surface area contributed by atoms with Gasteiger partial charge in [0.15, 0.2) is 18.1 Å². The Balaban J connectivity index is 0.000000184. The van der Waals surface area contributed by atoms with E-state index in [1.54, 1.807) is 0 Å². The highest BCUT2D eigenvalue weighted by Gasteiger charge is 2.09. The molecule has 0 fully saturated rings. The van der Waals surface area contributed by atoms with Crippen molar-refractivity contribution in [1.29, 1.82) is 0 Å². The van der Waals surface area contributed by atoms with E-state index in [9.17, 15) is 0 Å². The molecule has 0 aliphatic carbocycles. The summed E-state index contributed by atoms with van der Waals surface area (Å²) in [5.41, 5.74) is 1.37. The van der Waals surface area contributed by atoms with Crippen LogP contribution in [0.15, 0.2) is 30.5 Å². The van der Waals surface area contributed by atoms with Crippen LogP contribution in [0.3, 0.4) is 0 Å². The fourth-order valence-corrected chi connectivity index (χ4v) is 1.10. The van der Waals surface area contributed by atoms with E-state index >= 15 is 0 Å². The molecule has 0 amide bonds. The number of nitrogens with zero attached hydrogens (tertiary/aromatic N) is 1. The first-order valence-electron chi connectivity index (χ1n) is 4.03. The molecule has 3 heteroatoms. The van der Waals surface area contributed by atoms with Gasteiger partial charge in [-0.15, -0.1) is 0 Å². The molecule has 0 bridgehead atoms. The summed E-state index contributed by atoms with van der Waals surface area (Å²) < 4.78 is 2.14. The van der Waals surface area contributed by atoms with Crippen molar-refractivity contribution >= 4 is 12.2 Å². The van der Waals surface area contributed by atoms with Crippen molar-refractivity contribution in [1.82, 2.24) is 0 Å². The van der Waals surface area contributed by atoms with Gasteiger partial charge in [0.05, 0.1) is 6.42 Å². The van der Waals surface area contributed by atoms with Crippen molar-refractivity contribution in [3.8, 4) is 0 Å². The minimum absolute atomic E-state index is 0.972. The van der Waals surface area contributed by atoms with Crippen molar-refractivity contribution in [2.24, 2.45) is 0 Å². The highest BCUT2D eigenvalue weighted by Crippen LogP contribution is 1.99. The number of carboxylic acids is 1. The summed E-state index contributed by atoms with van der Waals surface area (Å²) in [6.45, 7) is 0.972. The summed E-state index contributed by atoms with van der Waals surface area (Å²) in [5.74, 6) is -1.08. The smallest absolute Gasteiger partial charge is 0.190 e. The SMILES string of the molecule is C1=C[n+]2ccccc2C1.CC(=O)[O-]. The molecule has 2 rings (SSSR count). The molecule has 0 atom stereocenters. The molecular weight excluding hydrogens is 166 g/mol. The van der Waals surface area contributed by atoms with Crippen LogP contribution >= 0.6 is 0 Å². The second kappa shape index (κ2) is 4.40. The molecule has 0 unspecified atom stereocenters. The van der Waals surface area contributed by atoms with Gasteiger partial charge in [0, 0.05) is 18.1 Å². The molecular formula is C10H11NO2. The zero-order valence-electron chi connectivity index (χ0n) is 7.43. The lowest BCUT2D eigenvalue weighted by Crippen LogP contribution is -2.26. The number of carbonyl (C=O) groups excluding carboxylic acids is 1. The Kier molecular flexibility index (Phi) is 3.20. The number of carboxylic acid groups (broad SMARTS) is 1. The molecule has 2 heterocycles. The van der Waals surface area contributed by atoms with Gasteiger partial charge in [-0.25, -0.2) is 0 Å². The van der Waals surface area contributed by atoms with Crippen molar-refractivity contribution in [3.63, 3.8) is 0 Å². The second-order valence-electron chi connectivity index (χ2n) is 2.68. The highest BCUT2D eigenvalue weighted by atomic mass is 16.4. The molecule has 68 valence electrons. The van der Waals surface area contributed by atoms with Gasteiger partial charge in [-0.1, -0.05) is 6.07 Å². The van der Waals surface area contributed by atoms with E-state index in [-0.39, 0.29) is 0 Å². The number of hydrogen-bond acceptors (Lipinski definition) is 2. The predicted molar refractivity (Wildman–Crippen MR) is 46.4 cm³/mol. The Morgan fingerprint density at radius 1 is 1.54 bits per heavy atom. The molecule has 0 spiro atoms. The van der Waals surface area contributed by atoms with Crippen LogP contribution in [-0.4, -0.2) is 5.97 Å². The number of allylic oxidation sites excluding steroid dienone is 1. The lowest BCUT2D eigenvalue weighted by atomic mass is 10.3. The Hall–Kier alpha value is -1.64. The van der Waals surface area contributed by atoms with Gasteiger partial charge in [-0.3, -0.25) is 0 Å². The first-order valence-corrected chi connectivity index (χ1v) is 4.03. The van der Waals surface area contributed by atoms with E-state index in [0.717, 1.165) is 13.3 Å². The molecule has 0 aromatic carbocycles. The van der Waals surface area contributed by atoms with Crippen molar-refractivity contribution in [2.75, 3.05) is 0 Å². The third-order valence-electron chi connectivity index (χ3n) is 1.57. The maximum atomic E-state index is 8.89. The number of fused-ring (bicyclic) bond motifs is 1. The van der Waals surface area contributed by atoms with E-state index in [2.05, 4.69) is 35.2 Å². The summed E-state index contributed by atoms with van der Waals surface area (Å²) in [4.78, 5) is 8.89. The van der Waals surface area contributed by atoms with Gasteiger partial charge in [0.1, 0.15) is 0 Å². The summed E-state index contributed by atoms with van der Waals surface area (Å²) in [6, 6.07) is 6.25. The molecule has 1 aliphatic rings. The monoisotopic (exact) mass is 177 g/mol. The molecule has 1 aromatic rings. The third-order valence-corrected chi connectivity index (χ3v) is 1.57. The Morgan fingerprint density at radius 3 is 2.85 bits per heavy atom. The molecule has 0 N–H and O–H groups in total. The maximum Gasteiger partial charge on any atom is 0.190 e. The minimum atomic E-state index is -1.08. The molecule has 13 heavy (non-hydrogen) atoms. The maximum absolute atomic E-state index is 8.89. The van der Waals surface area contributed by atoms with Gasteiger partial charge < -0.3 is 9.90 Å². The fourth-order valence-electron chi connectivity index (χ4n) is 1.10. The predicted octanol–water partition coefficient (Wildman–Crippen LogP) is -0.243. The van der Waals surface area contributed by atoms with Crippen molar-refractivity contribution in [3.05, 3.63) is 36.2 Å². The topological polar surface area (TPSA) is 44.0 Å². The first kappa shape index (κ1) is 9.45. The van der Waals surface area contributed by atoms with Gasteiger partial charge in [0.25, 0.3) is 0 Å². The van der Waals surface area contributed by atoms with Crippen LogP contribution < -0.4 is 9.67 Å². The number of pyridine rings is 1. The largest absolute Gasteiger partial charge is 0.550 e. The summed E-state index contributed by atoms with van der Waals surface area (Å²) in [6.07, 6.45) is 7.41. The van der Waals surface area contributed by atoms with Crippen LogP contribution in [0.1, 0.15) is 12.6 Å². The minimum Gasteiger partial charge on any atom is -0.550 e. The number of aliphatic carboxylic acids is 1. The van der Waals surface area contributed by atoms with E-state index in [0.29, 0.717) is 0 Å². The Bertz CT molecular complexity index is 327. The summed E-state index contributed by atoms with van der Waals surface area (Å²) in [7, 11) is 0. The van der Waals surface area contributed by atoms with Crippen LogP contribution in [0.4, 0.5) is 0 Å². The van der Waals surface area contributed by atoms with Crippen LogP contribution in [0.2, 0.25) is 0 Å². The zero-order valence-corrected chi connectivity index (χ0v) is 7.43. The lowest BCUT2D eigenvalue weighted by Gasteiger charge is -1.85. The summed E-state index contributed by atoms with van der Waals surface area (Å²) in [5, 5.41) is 8.89. The van der Waals surface area contributed by atoms with Gasteiger partial charge >= 0.3 is 0 Å². The highest BCUT2D eigenvalue weighted by molar-refractivity contribution is 5.60. The molecule has 0 radical (unpaired) electrons. The number of carbonyl (C=O) groups is 1. The standard InChI is InChI=1S/C8H8N.C2H4O2/c1-2-6-9-7-3-5-8(9)4-1;1-2(3)4/h1-4,6-7H,5H2;1H3,(H,3,4)/q+1;/p-1. The van der Waals surface area contributed by atoms with E-state index in [1.807, 2.05) is 6.07 Å². The van der Waals surface area contributed by atoms with E-state index in [1.165, 1.54) is 5.69 Å². The zero-order chi connectivity index (χ0) is 9.68. The van der Waals surface area contributed by atoms with E-state index in [4.69, 9.17) is 9.90 Å². The molecule has 1 aromatic heterocycles. The quantitative estimate of drug-likeness (QED) is 0.513. The van der Waals surface area contributed by atoms with Crippen molar-refractivity contribution in [2.45, 2.75) is 13.3 Å². The average molecular weight is 177 g/mol. The number of aromatic nitrogens is 1. The summed E-state index contributed by atoms with van der Waals surface area (Å²) >= 11 is 0. The Morgan fingerprint density at radius 2 is 2.23 bits per heavy atom. The Labute approximate surface area is 77.0 Å². The third kappa shape index (κ3) is 3.07. The van der Waals surface area contributed by atoms with Crippen LogP contribution in [0.5, 0.6) is 0 Å². The van der Waals surface area contributed by atoms with Gasteiger partial charge in [0.2, 0.25) is 0 Å². The second-order valence-corrected chi connectivity index (χ2v) is 2.68. The van der Waals surface area contributed by atoms with Crippen molar-refractivity contribution < 1.29 is 14.5 Å². The van der Waals surface area contributed by atoms with Crippen LogP contribution in [0, 0.1) is 0 Å². The lowest BCUT2D eigenvalue weighted by molar-refractivity contribution is -0.571.